The van der Waals surface area contributed by atoms with E-state index < -0.39 is 23.5 Å². The number of likely N-dealkylation sites (N-methyl/N-ethyl adjacent to an activating group) is 1. The van der Waals surface area contributed by atoms with Gasteiger partial charge in [0.1, 0.15) is 30.0 Å². The monoisotopic (exact) mass is 678 g/mol. The summed E-state index contributed by atoms with van der Waals surface area (Å²) in [6, 6.07) is 7.42. The third-order valence-electron chi connectivity index (χ3n) is 9.19. The quantitative estimate of drug-likeness (QED) is 0.231. The Bertz CT molecular complexity index is 1660. The van der Waals surface area contributed by atoms with E-state index in [0.29, 0.717) is 52.6 Å². The normalized spacial score (nSPS) is 17.9. The van der Waals surface area contributed by atoms with Crippen LogP contribution < -0.4 is 30.9 Å². The van der Waals surface area contributed by atoms with Crippen LogP contribution in [0.4, 0.5) is 22.9 Å². The maximum absolute atomic E-state index is 13.9. The Morgan fingerprint density at radius 3 is 2.44 bits per heavy atom. The van der Waals surface area contributed by atoms with E-state index in [1.54, 1.807) is 31.0 Å². The molecule has 2 aliphatic rings. The molecule has 2 saturated heterocycles. The van der Waals surface area contributed by atoms with Crippen LogP contribution in [-0.2, 0) is 14.4 Å². The summed E-state index contributed by atoms with van der Waals surface area (Å²) >= 11 is 6.73. The number of ether oxygens (including phenoxy) is 1. The highest BCUT2D eigenvalue weighted by atomic mass is 35.5. The van der Waals surface area contributed by atoms with Crippen molar-refractivity contribution in [1.82, 2.24) is 25.5 Å². The molecule has 0 aliphatic carbocycles. The molecule has 12 nitrogen and oxygen atoms in total. The van der Waals surface area contributed by atoms with Gasteiger partial charge in [0.05, 0.1) is 35.1 Å². The fraction of sp³-hybridized carbons (Fsp3) is 0.514. The minimum atomic E-state index is -0.808. The number of rotatable bonds is 10. The highest BCUT2D eigenvalue weighted by molar-refractivity contribution is 6.33. The second kappa shape index (κ2) is 14.9. The summed E-state index contributed by atoms with van der Waals surface area (Å²) in [5.74, 6) is 0.0572. The van der Waals surface area contributed by atoms with Gasteiger partial charge in [-0.25, -0.2) is 9.97 Å². The Kier molecular flexibility index (Phi) is 10.9. The number of aromatic nitrogens is 2. The zero-order valence-electron chi connectivity index (χ0n) is 28.7. The molecule has 0 radical (unpaired) electrons. The predicted octanol–water partition coefficient (Wildman–Crippen LogP) is 5.09. The molecule has 2 aromatic carbocycles. The van der Waals surface area contributed by atoms with Gasteiger partial charge in [0, 0.05) is 36.8 Å². The number of nitrogens with one attached hydrogen (secondary N) is 4. The molecule has 2 fully saturated rings. The van der Waals surface area contributed by atoms with Crippen LogP contribution in [0.1, 0.15) is 59.8 Å². The number of nitrogens with zero attached hydrogens (tertiary/aromatic N) is 4. The fourth-order valence-corrected chi connectivity index (χ4v) is 6.59. The summed E-state index contributed by atoms with van der Waals surface area (Å²) in [5, 5.41) is 13.5. The van der Waals surface area contributed by atoms with E-state index in [-0.39, 0.29) is 17.7 Å². The minimum Gasteiger partial charge on any atom is -0.494 e. The zero-order chi connectivity index (χ0) is 34.6. The van der Waals surface area contributed by atoms with Crippen molar-refractivity contribution >= 4 is 63.1 Å². The van der Waals surface area contributed by atoms with E-state index in [0.717, 1.165) is 37.3 Å². The molecule has 0 spiro atoms. The van der Waals surface area contributed by atoms with Crippen molar-refractivity contribution in [2.45, 2.75) is 77.9 Å². The summed E-state index contributed by atoms with van der Waals surface area (Å²) < 4.78 is 5.64. The van der Waals surface area contributed by atoms with Crippen molar-refractivity contribution in [3.05, 3.63) is 41.7 Å². The van der Waals surface area contributed by atoms with E-state index in [2.05, 4.69) is 36.1 Å². The molecule has 13 heteroatoms. The lowest BCUT2D eigenvalue weighted by atomic mass is 9.85. The molecular formula is C35H47ClN8O4. The number of amides is 3. The first kappa shape index (κ1) is 35.2. The molecule has 3 aromatic rings. The molecule has 2 aliphatic heterocycles. The van der Waals surface area contributed by atoms with Gasteiger partial charge in [0.25, 0.3) is 0 Å². The summed E-state index contributed by atoms with van der Waals surface area (Å²) in [5.41, 5.74) is 2.26. The molecule has 48 heavy (non-hydrogen) atoms. The number of hydrogen-bond donors (Lipinski definition) is 4. The SMILES string of the molecule is CN[C@@H](C)C(=O)N[C@H](C(=O)N1CCCC1C(=O)Nc1cc2c(Nc3ccc(N4CCCCC4)c(Cl)c3)ncnc2cc1OC)C(C)(C)C. The minimum absolute atomic E-state index is 0.279. The summed E-state index contributed by atoms with van der Waals surface area (Å²) in [7, 11) is 3.21. The van der Waals surface area contributed by atoms with Gasteiger partial charge in [-0.3, -0.25) is 14.4 Å². The van der Waals surface area contributed by atoms with Gasteiger partial charge in [-0.2, -0.15) is 0 Å². The van der Waals surface area contributed by atoms with Crippen LogP contribution in [-0.4, -0.2) is 84.5 Å². The van der Waals surface area contributed by atoms with Crippen LogP contribution in [0.15, 0.2) is 36.7 Å². The van der Waals surface area contributed by atoms with E-state index >= 15 is 0 Å². The average molecular weight is 679 g/mol. The molecule has 3 atom stereocenters. The second-order valence-electron chi connectivity index (χ2n) is 13.6. The van der Waals surface area contributed by atoms with E-state index in [1.807, 2.05) is 39.0 Å². The molecule has 1 unspecified atom stereocenters. The molecule has 3 amide bonds. The molecule has 5 rings (SSSR count). The van der Waals surface area contributed by atoms with Crippen LogP contribution in [0.3, 0.4) is 0 Å². The number of carbonyl (C=O) groups excluding carboxylic acids is 3. The number of hydrogen-bond acceptors (Lipinski definition) is 9. The molecule has 3 heterocycles. The summed E-state index contributed by atoms with van der Waals surface area (Å²) in [6.07, 6.45) is 6.19. The Morgan fingerprint density at radius 2 is 1.77 bits per heavy atom. The van der Waals surface area contributed by atoms with Crippen molar-refractivity contribution in [2.24, 2.45) is 5.41 Å². The standard InChI is InChI=1S/C35H47ClN8O4/c1-21(37-5)32(45)42-30(35(2,3)4)34(47)44-16-10-11-28(44)33(46)41-26-18-23-25(19-29(26)48-6)38-20-39-31(23)40-22-12-13-27(24(36)17-22)43-14-8-7-9-15-43/h12-13,17-21,28,30,37H,7-11,14-16H2,1-6H3,(H,41,46)(H,42,45)(H,38,39,40)/t21-,28?,30+/m0/s1. The van der Waals surface area contributed by atoms with Crippen LogP contribution in [0.25, 0.3) is 10.9 Å². The van der Waals surface area contributed by atoms with Gasteiger partial charge in [-0.05, 0) is 75.8 Å². The van der Waals surface area contributed by atoms with Crippen molar-refractivity contribution < 1.29 is 19.1 Å². The number of benzene rings is 2. The predicted molar refractivity (Wildman–Crippen MR) is 190 cm³/mol. The third kappa shape index (κ3) is 7.76. The van der Waals surface area contributed by atoms with Crippen LogP contribution in [0.2, 0.25) is 5.02 Å². The molecule has 1 aromatic heterocycles. The lowest BCUT2D eigenvalue weighted by Crippen LogP contribution is -2.59. The van der Waals surface area contributed by atoms with Crippen molar-refractivity contribution in [2.75, 3.05) is 49.3 Å². The molecule has 0 bridgehead atoms. The summed E-state index contributed by atoms with van der Waals surface area (Å²) in [4.78, 5) is 53.3. The molecular weight excluding hydrogens is 632 g/mol. The first-order chi connectivity index (χ1) is 22.9. The molecule has 0 saturated carbocycles. The van der Waals surface area contributed by atoms with Crippen LogP contribution in [0.5, 0.6) is 5.75 Å². The number of likely N-dealkylation sites (tertiary alicyclic amines) is 1. The van der Waals surface area contributed by atoms with Crippen molar-refractivity contribution in [1.29, 1.82) is 0 Å². The van der Waals surface area contributed by atoms with Crippen LogP contribution >= 0.6 is 11.6 Å². The highest BCUT2D eigenvalue weighted by Crippen LogP contribution is 2.36. The highest BCUT2D eigenvalue weighted by Gasteiger charge is 2.42. The Morgan fingerprint density at radius 1 is 1.02 bits per heavy atom. The number of halogens is 1. The largest absolute Gasteiger partial charge is 0.494 e. The maximum atomic E-state index is 13.9. The number of methoxy groups -OCH3 is 1. The second-order valence-corrected chi connectivity index (χ2v) is 14.0. The van der Waals surface area contributed by atoms with E-state index in [4.69, 9.17) is 16.3 Å². The lowest BCUT2D eigenvalue weighted by molar-refractivity contribution is -0.143. The average Bonchev–Trinajstić information content (AvgIpc) is 3.57. The maximum Gasteiger partial charge on any atom is 0.247 e. The number of piperidine rings is 1. The van der Waals surface area contributed by atoms with Gasteiger partial charge in [0.2, 0.25) is 17.7 Å². The van der Waals surface area contributed by atoms with Gasteiger partial charge in [-0.15, -0.1) is 0 Å². The van der Waals surface area contributed by atoms with Gasteiger partial charge in [0.15, 0.2) is 0 Å². The lowest BCUT2D eigenvalue weighted by Gasteiger charge is -2.36. The van der Waals surface area contributed by atoms with Crippen molar-refractivity contribution in [3.63, 3.8) is 0 Å². The van der Waals surface area contributed by atoms with E-state index in [9.17, 15) is 14.4 Å². The Hall–Kier alpha value is -4.16. The fourth-order valence-electron chi connectivity index (χ4n) is 6.29. The molecule has 4 N–H and O–H groups in total. The Balaban J connectivity index is 1.37. The summed E-state index contributed by atoms with van der Waals surface area (Å²) in [6.45, 7) is 9.83. The number of carbonyl (C=O) groups is 3. The first-order valence-electron chi connectivity index (χ1n) is 16.6. The third-order valence-corrected chi connectivity index (χ3v) is 9.49. The van der Waals surface area contributed by atoms with E-state index in [1.165, 1.54) is 19.9 Å². The molecule has 258 valence electrons. The Labute approximate surface area is 287 Å². The smallest absolute Gasteiger partial charge is 0.247 e. The number of anilines is 4. The van der Waals surface area contributed by atoms with Gasteiger partial charge < -0.3 is 35.8 Å². The topological polar surface area (TPSA) is 141 Å². The van der Waals surface area contributed by atoms with Crippen LogP contribution in [0, 0.1) is 5.41 Å². The van der Waals surface area contributed by atoms with Crippen molar-refractivity contribution in [3.8, 4) is 5.75 Å². The van der Waals surface area contributed by atoms with Gasteiger partial charge in [-0.1, -0.05) is 32.4 Å². The number of fused-ring (bicyclic) bond motifs is 1. The first-order valence-corrected chi connectivity index (χ1v) is 17.0. The van der Waals surface area contributed by atoms with Gasteiger partial charge >= 0.3 is 0 Å². The zero-order valence-corrected chi connectivity index (χ0v) is 29.4.